The van der Waals surface area contributed by atoms with E-state index in [-0.39, 0.29) is 39.1 Å². The van der Waals surface area contributed by atoms with Gasteiger partial charge in [-0.1, -0.05) is 61.9 Å². The molecule has 336 valence electrons. The van der Waals surface area contributed by atoms with Crippen LogP contribution in [0.3, 0.4) is 0 Å². The molecule has 15 heteroatoms. The number of rotatable bonds is 19. The van der Waals surface area contributed by atoms with E-state index in [2.05, 4.69) is 47.1 Å². The number of amides is 4. The van der Waals surface area contributed by atoms with Crippen molar-refractivity contribution in [1.29, 1.82) is 0 Å². The molecule has 63 heavy (non-hydrogen) atoms. The van der Waals surface area contributed by atoms with Gasteiger partial charge in [0.2, 0.25) is 17.7 Å². The third kappa shape index (κ3) is 12.7. The molecule has 0 saturated heterocycles. The minimum Gasteiger partial charge on any atom is -0.492 e. The maximum absolute atomic E-state index is 14.7. The van der Waals surface area contributed by atoms with E-state index in [1.807, 2.05) is 12.1 Å². The molecule has 1 aliphatic heterocycles. The Labute approximate surface area is 369 Å². The standard InChI is InChI=1S/C48H61N7O8/c1-4-5-8-31-10-13-33(14-11-31)34-15-17-35(18-16-34)45(57)53-39(9-6-7-22-49)47(59)55(3)43-36-19-21-42(63-26-24-51)38(29-36)37-27-32(12-20-41(37)62-25-23-50)28-40(48(60)61)54-44(56)30(2)52-46(43)58/h10-21,27,29-30,39-40,43H,4-9,22-26,28,49-51H2,1-3H3,(H,52,58)(H,53,57)(H,54,56)(H,60,61). The zero-order chi connectivity index (χ0) is 45.5. The van der Waals surface area contributed by atoms with Crippen molar-refractivity contribution in [3.05, 3.63) is 107 Å². The molecule has 4 bridgehead atoms. The first kappa shape index (κ1) is 47.8. The van der Waals surface area contributed by atoms with E-state index >= 15 is 0 Å². The van der Waals surface area contributed by atoms with Crippen molar-refractivity contribution in [3.63, 3.8) is 0 Å². The topological polar surface area (TPSA) is 241 Å². The first-order chi connectivity index (χ1) is 30.4. The molecule has 0 spiro atoms. The number of unbranched alkanes of at least 4 members (excludes halogenated alkanes) is 2. The van der Waals surface area contributed by atoms with Crippen molar-refractivity contribution in [1.82, 2.24) is 20.9 Å². The number of likely N-dealkylation sites (N-methyl/N-ethyl adjacent to an activating group) is 1. The second kappa shape index (κ2) is 23.2. The molecule has 0 saturated carbocycles. The predicted molar refractivity (Wildman–Crippen MR) is 242 cm³/mol. The van der Waals surface area contributed by atoms with Gasteiger partial charge < -0.3 is 52.6 Å². The van der Waals surface area contributed by atoms with Crippen LogP contribution in [0, 0.1) is 0 Å². The Morgan fingerprint density at radius 1 is 0.794 bits per heavy atom. The van der Waals surface area contributed by atoms with Gasteiger partial charge in [-0.25, -0.2) is 4.79 Å². The SMILES string of the molecule is CCCCc1ccc(-c2ccc(C(=O)NC(CCCCN)C(=O)N(C)C3C(=O)NC(C)C(=O)NC(C(=O)O)Cc4ccc(OCCN)c(c4)-c4cc3ccc4OCCN)cc2)cc1. The van der Waals surface area contributed by atoms with Crippen LogP contribution in [0.25, 0.3) is 22.3 Å². The maximum atomic E-state index is 14.7. The van der Waals surface area contributed by atoms with Crippen LogP contribution in [0.5, 0.6) is 11.5 Å². The lowest BCUT2D eigenvalue weighted by Gasteiger charge is -2.32. The number of carboxylic acid groups (broad SMARTS) is 1. The summed E-state index contributed by atoms with van der Waals surface area (Å²) >= 11 is 0. The molecule has 0 aromatic heterocycles. The van der Waals surface area contributed by atoms with Crippen molar-refractivity contribution < 1.29 is 38.6 Å². The van der Waals surface area contributed by atoms with Gasteiger partial charge in [0.25, 0.3) is 5.91 Å². The van der Waals surface area contributed by atoms with Crippen LogP contribution in [-0.2, 0) is 32.0 Å². The summed E-state index contributed by atoms with van der Waals surface area (Å²) in [6.07, 6.45) is 4.50. The van der Waals surface area contributed by atoms with Crippen molar-refractivity contribution >= 4 is 29.6 Å². The highest BCUT2D eigenvalue weighted by molar-refractivity contribution is 5.99. The van der Waals surface area contributed by atoms with E-state index in [9.17, 15) is 29.1 Å². The molecule has 10 N–H and O–H groups in total. The number of benzene rings is 4. The lowest BCUT2D eigenvalue weighted by atomic mass is 9.93. The predicted octanol–water partition coefficient (Wildman–Crippen LogP) is 4.10. The third-order valence-electron chi connectivity index (χ3n) is 11.0. The van der Waals surface area contributed by atoms with Gasteiger partial charge in [0.05, 0.1) is 0 Å². The quantitative estimate of drug-likeness (QED) is 0.0663. The Bertz CT molecular complexity index is 2200. The zero-order valence-electron chi connectivity index (χ0n) is 36.4. The van der Waals surface area contributed by atoms with E-state index in [0.717, 1.165) is 30.4 Å². The Kier molecular flexibility index (Phi) is 17.6. The largest absolute Gasteiger partial charge is 0.492 e. The second-order valence-corrected chi connectivity index (χ2v) is 15.7. The number of ether oxygens (including phenoxy) is 2. The van der Waals surface area contributed by atoms with Crippen molar-refractivity contribution in [2.75, 3.05) is 39.9 Å². The summed E-state index contributed by atoms with van der Waals surface area (Å²) in [5, 5.41) is 18.3. The molecule has 0 radical (unpaired) electrons. The summed E-state index contributed by atoms with van der Waals surface area (Å²) in [4.78, 5) is 70.2. The molecule has 4 unspecified atom stereocenters. The fourth-order valence-electron chi connectivity index (χ4n) is 7.50. The molecule has 1 aliphatic rings. The monoisotopic (exact) mass is 863 g/mol. The average molecular weight is 864 g/mol. The Hall–Kier alpha value is -6.29. The van der Waals surface area contributed by atoms with Crippen molar-refractivity contribution in [3.8, 4) is 33.8 Å². The Morgan fingerprint density at radius 2 is 1.41 bits per heavy atom. The highest BCUT2D eigenvalue weighted by Gasteiger charge is 2.36. The maximum Gasteiger partial charge on any atom is 0.326 e. The lowest BCUT2D eigenvalue weighted by molar-refractivity contribution is -0.143. The summed E-state index contributed by atoms with van der Waals surface area (Å²) in [6, 6.07) is 20.7. The molecular weight excluding hydrogens is 803 g/mol. The van der Waals surface area contributed by atoms with Gasteiger partial charge in [-0.05, 0) is 110 Å². The normalized spacial score (nSPS) is 16.8. The minimum absolute atomic E-state index is 0.0845. The highest BCUT2D eigenvalue weighted by Crippen LogP contribution is 2.40. The number of hydrogen-bond donors (Lipinski definition) is 7. The molecule has 0 aliphatic carbocycles. The second-order valence-electron chi connectivity index (χ2n) is 15.7. The fraction of sp³-hybridized carbons (Fsp3) is 0.396. The average Bonchev–Trinajstić information content (AvgIpc) is 3.28. The molecule has 4 atom stereocenters. The van der Waals surface area contributed by atoms with E-state index in [0.29, 0.717) is 58.7 Å². The van der Waals surface area contributed by atoms with Crippen molar-refractivity contribution in [2.24, 2.45) is 17.2 Å². The molecular formula is C48H61N7O8. The molecule has 5 rings (SSSR count). The van der Waals surface area contributed by atoms with Gasteiger partial charge in [-0.2, -0.15) is 0 Å². The summed E-state index contributed by atoms with van der Waals surface area (Å²) in [6.45, 7) is 4.69. The van der Waals surface area contributed by atoms with Crippen LogP contribution in [0.15, 0.2) is 84.9 Å². The number of nitrogens with two attached hydrogens (primary N) is 3. The summed E-state index contributed by atoms with van der Waals surface area (Å²) < 4.78 is 12.1. The molecule has 4 aromatic carbocycles. The van der Waals surface area contributed by atoms with Crippen LogP contribution in [0.2, 0.25) is 0 Å². The fourth-order valence-corrected chi connectivity index (χ4v) is 7.50. The van der Waals surface area contributed by atoms with E-state index < -0.39 is 53.8 Å². The number of nitrogens with zero attached hydrogens (tertiary/aromatic N) is 1. The van der Waals surface area contributed by atoms with Crippen LogP contribution in [0.1, 0.15) is 79.0 Å². The first-order valence-corrected chi connectivity index (χ1v) is 21.6. The third-order valence-corrected chi connectivity index (χ3v) is 11.0. The number of carbonyl (C=O) groups is 5. The van der Waals surface area contributed by atoms with Gasteiger partial charge in [-0.3, -0.25) is 19.2 Å². The van der Waals surface area contributed by atoms with Crippen LogP contribution in [-0.4, -0.2) is 97.6 Å². The van der Waals surface area contributed by atoms with Crippen molar-refractivity contribution in [2.45, 2.75) is 83.0 Å². The molecule has 0 fully saturated rings. The van der Waals surface area contributed by atoms with Crippen LogP contribution >= 0.6 is 0 Å². The number of nitrogens with one attached hydrogen (secondary N) is 3. The molecule has 1 heterocycles. The molecule has 4 amide bonds. The smallest absolute Gasteiger partial charge is 0.326 e. The highest BCUT2D eigenvalue weighted by atomic mass is 16.5. The number of hydrogen-bond acceptors (Lipinski definition) is 10. The number of carbonyl (C=O) groups excluding carboxylic acids is 4. The summed E-state index contributed by atoms with van der Waals surface area (Å²) in [7, 11) is 1.46. The molecule has 4 aromatic rings. The molecule has 15 nitrogen and oxygen atoms in total. The van der Waals surface area contributed by atoms with E-state index in [4.69, 9.17) is 26.7 Å². The zero-order valence-corrected chi connectivity index (χ0v) is 36.4. The number of fused-ring (bicyclic) bond motifs is 5. The Balaban J connectivity index is 1.53. The van der Waals surface area contributed by atoms with Gasteiger partial charge >= 0.3 is 5.97 Å². The minimum atomic E-state index is -1.36. The van der Waals surface area contributed by atoms with Gasteiger partial charge in [0.15, 0.2) is 0 Å². The Morgan fingerprint density at radius 3 is 2.02 bits per heavy atom. The van der Waals surface area contributed by atoms with E-state index in [1.54, 1.807) is 48.5 Å². The number of aryl methyl sites for hydroxylation is 1. The van der Waals surface area contributed by atoms with Gasteiger partial charge in [0, 0.05) is 43.2 Å². The van der Waals surface area contributed by atoms with Gasteiger partial charge in [0.1, 0.15) is 48.9 Å². The van der Waals surface area contributed by atoms with Gasteiger partial charge in [-0.15, -0.1) is 0 Å². The number of carboxylic acids is 1. The lowest BCUT2D eigenvalue weighted by Crippen LogP contribution is -2.54. The summed E-state index contributed by atoms with van der Waals surface area (Å²) in [5.74, 6) is -3.00. The van der Waals surface area contributed by atoms with Crippen LogP contribution in [0.4, 0.5) is 0 Å². The summed E-state index contributed by atoms with van der Waals surface area (Å²) in [5.41, 5.74) is 22.9. The van der Waals surface area contributed by atoms with E-state index in [1.165, 1.54) is 24.4 Å². The first-order valence-electron chi connectivity index (χ1n) is 21.6. The van der Waals surface area contributed by atoms with Crippen LogP contribution < -0.4 is 42.6 Å². The number of aliphatic carboxylic acids is 1.